The Bertz CT molecular complexity index is 293. The summed E-state index contributed by atoms with van der Waals surface area (Å²) < 4.78 is 5.58. The lowest BCUT2D eigenvalue weighted by molar-refractivity contribution is -0.0315. The minimum Gasteiger partial charge on any atom is -0.386 e. The predicted molar refractivity (Wildman–Crippen MR) is 72.6 cm³/mol. The summed E-state index contributed by atoms with van der Waals surface area (Å²) in [7, 11) is 4.00. The van der Waals surface area contributed by atoms with Crippen LogP contribution >= 0.6 is 12.4 Å². The highest BCUT2D eigenvalue weighted by Crippen LogP contribution is 2.18. The molecule has 1 aromatic carbocycles. The summed E-state index contributed by atoms with van der Waals surface area (Å²) >= 11 is 0. The SMILES string of the molecule is CC(OCCN(C)C)C(O)c1ccccc1.Cl. The van der Waals surface area contributed by atoms with E-state index >= 15 is 0 Å². The first kappa shape index (κ1) is 16.4. The smallest absolute Gasteiger partial charge is 0.105 e. The topological polar surface area (TPSA) is 32.7 Å². The summed E-state index contributed by atoms with van der Waals surface area (Å²) in [4.78, 5) is 2.06. The van der Waals surface area contributed by atoms with Crippen LogP contribution in [-0.2, 0) is 4.74 Å². The molecule has 0 aliphatic carbocycles. The van der Waals surface area contributed by atoms with Crippen LogP contribution in [0, 0.1) is 0 Å². The Morgan fingerprint density at radius 2 is 1.82 bits per heavy atom. The van der Waals surface area contributed by atoms with Gasteiger partial charge < -0.3 is 14.7 Å². The van der Waals surface area contributed by atoms with Gasteiger partial charge in [-0.3, -0.25) is 0 Å². The third-order valence-corrected chi connectivity index (χ3v) is 2.50. The molecular weight excluding hydrogens is 238 g/mol. The van der Waals surface area contributed by atoms with Crippen LogP contribution in [0.15, 0.2) is 30.3 Å². The van der Waals surface area contributed by atoms with E-state index in [9.17, 15) is 5.11 Å². The van der Waals surface area contributed by atoms with E-state index in [0.29, 0.717) is 6.61 Å². The second-order valence-corrected chi connectivity index (χ2v) is 4.23. The fraction of sp³-hybridized carbons (Fsp3) is 0.538. The molecule has 2 unspecified atom stereocenters. The van der Waals surface area contributed by atoms with Gasteiger partial charge in [-0.2, -0.15) is 0 Å². The molecule has 0 aliphatic rings. The minimum atomic E-state index is -0.552. The molecule has 1 N–H and O–H groups in total. The molecule has 0 saturated heterocycles. The van der Waals surface area contributed by atoms with Crippen molar-refractivity contribution in [1.82, 2.24) is 4.90 Å². The average molecular weight is 260 g/mol. The molecule has 3 nitrogen and oxygen atoms in total. The standard InChI is InChI=1S/C13H21NO2.ClH/c1-11(16-10-9-14(2)3)13(15)12-7-5-4-6-8-12;/h4-8,11,13,15H,9-10H2,1-3H3;1H. The Balaban J connectivity index is 0.00000256. The van der Waals surface area contributed by atoms with Crippen LogP contribution in [0.1, 0.15) is 18.6 Å². The summed E-state index contributed by atoms with van der Waals surface area (Å²) in [5.74, 6) is 0. The summed E-state index contributed by atoms with van der Waals surface area (Å²) in [6, 6.07) is 9.61. The number of nitrogens with zero attached hydrogens (tertiary/aromatic N) is 1. The van der Waals surface area contributed by atoms with Gasteiger partial charge in [0.1, 0.15) is 6.10 Å². The number of hydrogen-bond donors (Lipinski definition) is 1. The fourth-order valence-electron chi connectivity index (χ4n) is 1.43. The molecule has 0 amide bonds. The Morgan fingerprint density at radius 3 is 2.35 bits per heavy atom. The second-order valence-electron chi connectivity index (χ2n) is 4.23. The Hall–Kier alpha value is -0.610. The first-order chi connectivity index (χ1) is 7.61. The van der Waals surface area contributed by atoms with Crippen molar-refractivity contribution in [2.24, 2.45) is 0 Å². The maximum Gasteiger partial charge on any atom is 0.105 e. The third-order valence-electron chi connectivity index (χ3n) is 2.50. The van der Waals surface area contributed by atoms with E-state index in [0.717, 1.165) is 12.1 Å². The maximum absolute atomic E-state index is 10.0. The zero-order chi connectivity index (χ0) is 12.0. The van der Waals surface area contributed by atoms with Crippen LogP contribution in [0.3, 0.4) is 0 Å². The number of aliphatic hydroxyl groups is 1. The molecular formula is C13H22ClNO2. The van der Waals surface area contributed by atoms with E-state index in [1.54, 1.807) is 0 Å². The first-order valence-corrected chi connectivity index (χ1v) is 5.60. The Labute approximate surface area is 110 Å². The molecule has 0 fully saturated rings. The normalized spacial score (nSPS) is 14.2. The van der Waals surface area contributed by atoms with Crippen molar-refractivity contribution in [1.29, 1.82) is 0 Å². The van der Waals surface area contributed by atoms with E-state index in [-0.39, 0.29) is 18.5 Å². The molecule has 2 atom stereocenters. The zero-order valence-corrected chi connectivity index (χ0v) is 11.5. The van der Waals surface area contributed by atoms with Gasteiger partial charge in [0.2, 0.25) is 0 Å². The summed E-state index contributed by atoms with van der Waals surface area (Å²) in [5.41, 5.74) is 0.903. The molecule has 98 valence electrons. The van der Waals surface area contributed by atoms with Crippen LogP contribution in [0.2, 0.25) is 0 Å². The van der Waals surface area contributed by atoms with Crippen molar-refractivity contribution >= 4 is 12.4 Å². The highest BCUT2D eigenvalue weighted by molar-refractivity contribution is 5.85. The van der Waals surface area contributed by atoms with Gasteiger partial charge in [-0.05, 0) is 26.6 Å². The molecule has 0 bridgehead atoms. The van der Waals surface area contributed by atoms with E-state index in [4.69, 9.17) is 4.74 Å². The third kappa shape index (κ3) is 6.03. The van der Waals surface area contributed by atoms with Gasteiger partial charge in [-0.15, -0.1) is 12.4 Å². The van der Waals surface area contributed by atoms with Gasteiger partial charge in [0.05, 0.1) is 12.7 Å². The van der Waals surface area contributed by atoms with Crippen LogP contribution in [-0.4, -0.2) is 43.4 Å². The van der Waals surface area contributed by atoms with Crippen LogP contribution in [0.5, 0.6) is 0 Å². The Morgan fingerprint density at radius 1 is 1.24 bits per heavy atom. The molecule has 0 radical (unpaired) electrons. The summed E-state index contributed by atoms with van der Waals surface area (Å²) in [6.07, 6.45) is -0.731. The number of likely N-dealkylation sites (N-methyl/N-ethyl adjacent to an activating group) is 1. The van der Waals surface area contributed by atoms with Crippen molar-refractivity contribution < 1.29 is 9.84 Å². The lowest BCUT2D eigenvalue weighted by atomic mass is 10.1. The second kappa shape index (κ2) is 8.48. The number of halogens is 1. The monoisotopic (exact) mass is 259 g/mol. The van der Waals surface area contributed by atoms with Gasteiger partial charge in [-0.1, -0.05) is 30.3 Å². The van der Waals surface area contributed by atoms with Crippen LogP contribution in [0.25, 0.3) is 0 Å². The number of ether oxygens (including phenoxy) is 1. The lowest BCUT2D eigenvalue weighted by Gasteiger charge is -2.20. The number of hydrogen-bond acceptors (Lipinski definition) is 3. The van der Waals surface area contributed by atoms with Gasteiger partial charge >= 0.3 is 0 Å². The highest BCUT2D eigenvalue weighted by Gasteiger charge is 2.16. The number of benzene rings is 1. The van der Waals surface area contributed by atoms with E-state index in [1.807, 2.05) is 51.4 Å². The summed E-state index contributed by atoms with van der Waals surface area (Å²) in [6.45, 7) is 3.40. The zero-order valence-electron chi connectivity index (χ0n) is 10.7. The van der Waals surface area contributed by atoms with Crippen molar-refractivity contribution in [2.45, 2.75) is 19.1 Å². The fourth-order valence-corrected chi connectivity index (χ4v) is 1.43. The molecule has 0 aliphatic heterocycles. The van der Waals surface area contributed by atoms with Crippen molar-refractivity contribution in [3.05, 3.63) is 35.9 Å². The molecule has 0 spiro atoms. The molecule has 17 heavy (non-hydrogen) atoms. The molecule has 1 aromatic rings. The maximum atomic E-state index is 10.0. The van der Waals surface area contributed by atoms with E-state index in [1.165, 1.54) is 0 Å². The van der Waals surface area contributed by atoms with Crippen LogP contribution < -0.4 is 0 Å². The van der Waals surface area contributed by atoms with Crippen molar-refractivity contribution in [3.63, 3.8) is 0 Å². The van der Waals surface area contributed by atoms with E-state index in [2.05, 4.69) is 4.90 Å². The molecule has 1 rings (SSSR count). The number of aliphatic hydroxyl groups excluding tert-OH is 1. The van der Waals surface area contributed by atoms with Gasteiger partial charge in [0.15, 0.2) is 0 Å². The summed E-state index contributed by atoms with van der Waals surface area (Å²) in [5, 5.41) is 10.0. The molecule has 0 heterocycles. The average Bonchev–Trinajstić information content (AvgIpc) is 2.28. The quantitative estimate of drug-likeness (QED) is 0.849. The number of rotatable bonds is 6. The lowest BCUT2D eigenvalue weighted by Crippen LogP contribution is -2.24. The van der Waals surface area contributed by atoms with Gasteiger partial charge in [-0.25, -0.2) is 0 Å². The highest BCUT2D eigenvalue weighted by atomic mass is 35.5. The predicted octanol–water partition coefficient (Wildman–Crippen LogP) is 2.11. The van der Waals surface area contributed by atoms with Crippen LogP contribution in [0.4, 0.5) is 0 Å². The Kier molecular flexibility index (Phi) is 8.17. The minimum absolute atomic E-state index is 0. The van der Waals surface area contributed by atoms with Crippen molar-refractivity contribution in [3.8, 4) is 0 Å². The van der Waals surface area contributed by atoms with Gasteiger partial charge in [0, 0.05) is 6.54 Å². The van der Waals surface area contributed by atoms with Gasteiger partial charge in [0.25, 0.3) is 0 Å². The molecule has 4 heteroatoms. The first-order valence-electron chi connectivity index (χ1n) is 5.60. The molecule has 0 aromatic heterocycles. The van der Waals surface area contributed by atoms with E-state index < -0.39 is 6.10 Å². The van der Waals surface area contributed by atoms with Crippen molar-refractivity contribution in [2.75, 3.05) is 27.2 Å². The largest absolute Gasteiger partial charge is 0.386 e. The molecule has 0 saturated carbocycles.